The summed E-state index contributed by atoms with van der Waals surface area (Å²) in [5, 5.41) is 5.90. The second kappa shape index (κ2) is 10.1. The highest BCUT2D eigenvalue weighted by Gasteiger charge is 2.29. The van der Waals surface area contributed by atoms with Crippen LogP contribution in [-0.2, 0) is 4.79 Å². The number of benzene rings is 2. The quantitative estimate of drug-likeness (QED) is 0.774. The van der Waals surface area contributed by atoms with E-state index in [1.54, 1.807) is 43.3 Å². The van der Waals surface area contributed by atoms with Crippen LogP contribution in [0.5, 0.6) is 0 Å². The summed E-state index contributed by atoms with van der Waals surface area (Å²) in [5.41, 5.74) is 1.89. The van der Waals surface area contributed by atoms with Gasteiger partial charge >= 0.3 is 6.03 Å². The van der Waals surface area contributed by atoms with Crippen LogP contribution in [0.25, 0.3) is 0 Å². The average Bonchev–Trinajstić information content (AvgIpc) is 2.79. The predicted molar refractivity (Wildman–Crippen MR) is 121 cm³/mol. The molecular weight excluding hydrogens is 392 g/mol. The number of nitrogens with zero attached hydrogens (tertiary/aromatic N) is 2. The molecule has 31 heavy (non-hydrogen) atoms. The number of hydrogen-bond donors (Lipinski definition) is 2. The van der Waals surface area contributed by atoms with Crippen LogP contribution in [0.2, 0.25) is 0 Å². The fraction of sp³-hybridized carbons (Fsp3) is 0.375. The van der Waals surface area contributed by atoms with Gasteiger partial charge in [0.2, 0.25) is 5.91 Å². The van der Waals surface area contributed by atoms with E-state index in [9.17, 15) is 14.4 Å². The SMILES string of the molecule is C[C@@H](NC(=O)c1ccccc1NC(=O)[C@H]1CCCN(C(=O)N(C)C)C1)c1ccccc1. The normalized spacial score (nSPS) is 16.9. The van der Waals surface area contributed by atoms with Crippen molar-refractivity contribution in [3.05, 3.63) is 65.7 Å². The lowest BCUT2D eigenvalue weighted by atomic mass is 9.97. The molecule has 1 heterocycles. The van der Waals surface area contributed by atoms with Crippen molar-refractivity contribution >= 4 is 23.5 Å². The summed E-state index contributed by atoms with van der Waals surface area (Å²) in [6.07, 6.45) is 1.48. The smallest absolute Gasteiger partial charge is 0.319 e. The molecule has 0 radical (unpaired) electrons. The molecule has 2 aromatic rings. The minimum absolute atomic E-state index is 0.0906. The molecule has 0 bridgehead atoms. The highest BCUT2D eigenvalue weighted by atomic mass is 16.2. The largest absolute Gasteiger partial charge is 0.345 e. The molecule has 2 aromatic carbocycles. The van der Waals surface area contributed by atoms with Crippen molar-refractivity contribution in [1.82, 2.24) is 15.1 Å². The molecule has 1 saturated heterocycles. The second-order valence-corrected chi connectivity index (χ2v) is 8.10. The number of anilines is 1. The Morgan fingerprint density at radius 1 is 1.03 bits per heavy atom. The number of amides is 4. The molecule has 164 valence electrons. The minimum atomic E-state index is -0.308. The van der Waals surface area contributed by atoms with Gasteiger partial charge in [-0.2, -0.15) is 0 Å². The van der Waals surface area contributed by atoms with Crippen molar-refractivity contribution in [2.45, 2.75) is 25.8 Å². The molecule has 7 nitrogen and oxygen atoms in total. The van der Waals surface area contributed by atoms with E-state index in [4.69, 9.17) is 0 Å². The molecule has 2 N–H and O–H groups in total. The number of urea groups is 1. The molecule has 0 unspecified atom stereocenters. The van der Waals surface area contributed by atoms with Crippen molar-refractivity contribution < 1.29 is 14.4 Å². The zero-order valence-corrected chi connectivity index (χ0v) is 18.3. The molecule has 4 amide bonds. The summed E-state index contributed by atoms with van der Waals surface area (Å²) in [7, 11) is 3.41. The molecule has 2 atom stereocenters. The standard InChI is InChI=1S/C24H30N4O3/c1-17(18-10-5-4-6-11-18)25-23(30)20-13-7-8-14-21(20)26-22(29)19-12-9-15-28(16-19)24(31)27(2)3/h4-8,10-11,13-14,17,19H,9,12,15-16H2,1-3H3,(H,25,30)(H,26,29)/t17-,19+/m1/s1. The number of rotatable bonds is 5. The van der Waals surface area contributed by atoms with Gasteiger partial charge in [-0.05, 0) is 37.5 Å². The maximum absolute atomic E-state index is 12.9. The first-order chi connectivity index (χ1) is 14.9. The predicted octanol–water partition coefficient (Wildman–Crippen LogP) is 3.51. The number of carbonyl (C=O) groups excluding carboxylic acids is 3. The average molecular weight is 423 g/mol. The summed E-state index contributed by atoms with van der Waals surface area (Å²) < 4.78 is 0. The maximum Gasteiger partial charge on any atom is 0.319 e. The van der Waals surface area contributed by atoms with Crippen molar-refractivity contribution in [1.29, 1.82) is 0 Å². The molecule has 1 aliphatic heterocycles. The van der Waals surface area contributed by atoms with E-state index in [0.29, 0.717) is 30.8 Å². The third kappa shape index (κ3) is 5.63. The lowest BCUT2D eigenvalue weighted by Crippen LogP contribution is -2.47. The lowest BCUT2D eigenvalue weighted by Gasteiger charge is -2.33. The van der Waals surface area contributed by atoms with Gasteiger partial charge in [0.15, 0.2) is 0 Å². The Morgan fingerprint density at radius 2 is 1.71 bits per heavy atom. The van der Waals surface area contributed by atoms with Gasteiger partial charge in [0.05, 0.1) is 23.2 Å². The molecule has 3 rings (SSSR count). The first kappa shape index (κ1) is 22.3. The molecule has 0 saturated carbocycles. The number of carbonyl (C=O) groups is 3. The lowest BCUT2D eigenvalue weighted by molar-refractivity contribution is -0.121. The van der Waals surface area contributed by atoms with Gasteiger partial charge in [-0.15, -0.1) is 0 Å². The fourth-order valence-electron chi connectivity index (χ4n) is 3.77. The van der Waals surface area contributed by atoms with Crippen molar-refractivity contribution in [3.8, 4) is 0 Å². The molecule has 7 heteroatoms. The Kier molecular flexibility index (Phi) is 7.28. The molecule has 1 fully saturated rings. The summed E-state index contributed by atoms with van der Waals surface area (Å²) >= 11 is 0. The van der Waals surface area contributed by atoms with Crippen molar-refractivity contribution in [2.24, 2.45) is 5.92 Å². The van der Waals surface area contributed by atoms with Gasteiger partial charge in [0, 0.05) is 27.2 Å². The first-order valence-electron chi connectivity index (χ1n) is 10.6. The van der Waals surface area contributed by atoms with E-state index in [1.807, 2.05) is 37.3 Å². The number of para-hydroxylation sites is 1. The highest BCUT2D eigenvalue weighted by Crippen LogP contribution is 2.22. The van der Waals surface area contributed by atoms with E-state index < -0.39 is 0 Å². The molecule has 0 aromatic heterocycles. The van der Waals surface area contributed by atoms with Crippen molar-refractivity contribution in [3.63, 3.8) is 0 Å². The monoisotopic (exact) mass is 422 g/mol. The van der Waals surface area contributed by atoms with Crippen LogP contribution in [0, 0.1) is 5.92 Å². The summed E-state index contributed by atoms with van der Waals surface area (Å²) in [6, 6.07) is 16.4. The van der Waals surface area contributed by atoms with Crippen molar-refractivity contribution in [2.75, 3.05) is 32.5 Å². The van der Waals surface area contributed by atoms with Crippen LogP contribution in [0.4, 0.5) is 10.5 Å². The van der Waals surface area contributed by atoms with Crippen LogP contribution < -0.4 is 10.6 Å². The van der Waals surface area contributed by atoms with Crippen LogP contribution in [-0.4, -0.2) is 54.8 Å². The maximum atomic E-state index is 12.9. The zero-order valence-electron chi connectivity index (χ0n) is 18.3. The Hall–Kier alpha value is -3.35. The van der Waals surface area contributed by atoms with Crippen LogP contribution in [0.3, 0.4) is 0 Å². The third-order valence-corrected chi connectivity index (χ3v) is 5.52. The number of likely N-dealkylation sites (tertiary alicyclic amines) is 1. The van der Waals surface area contributed by atoms with Gasteiger partial charge in [0.25, 0.3) is 5.91 Å². The zero-order chi connectivity index (χ0) is 22.4. The highest BCUT2D eigenvalue weighted by molar-refractivity contribution is 6.04. The van der Waals surface area contributed by atoms with E-state index in [0.717, 1.165) is 12.0 Å². The van der Waals surface area contributed by atoms with Gasteiger partial charge in [0.1, 0.15) is 0 Å². The molecule has 1 aliphatic rings. The number of nitrogens with one attached hydrogen (secondary N) is 2. The van der Waals surface area contributed by atoms with Gasteiger partial charge in [-0.1, -0.05) is 42.5 Å². The van der Waals surface area contributed by atoms with Gasteiger partial charge < -0.3 is 20.4 Å². The summed E-state index contributed by atoms with van der Waals surface area (Å²) in [6.45, 7) is 2.95. The van der Waals surface area contributed by atoms with E-state index in [2.05, 4.69) is 10.6 Å². The van der Waals surface area contributed by atoms with E-state index in [-0.39, 0.29) is 29.8 Å². The molecular formula is C24H30N4O3. The van der Waals surface area contributed by atoms with Gasteiger partial charge in [-0.3, -0.25) is 9.59 Å². The summed E-state index contributed by atoms with van der Waals surface area (Å²) in [4.78, 5) is 41.3. The number of piperidine rings is 1. The molecule has 0 aliphatic carbocycles. The summed E-state index contributed by atoms with van der Waals surface area (Å²) in [5.74, 6) is -0.732. The van der Waals surface area contributed by atoms with Gasteiger partial charge in [-0.25, -0.2) is 4.79 Å². The second-order valence-electron chi connectivity index (χ2n) is 8.10. The molecule has 0 spiro atoms. The van der Waals surface area contributed by atoms with Crippen LogP contribution >= 0.6 is 0 Å². The van der Waals surface area contributed by atoms with Crippen LogP contribution in [0.1, 0.15) is 41.7 Å². The first-order valence-corrected chi connectivity index (χ1v) is 10.6. The fourth-order valence-corrected chi connectivity index (χ4v) is 3.77. The van der Waals surface area contributed by atoms with E-state index >= 15 is 0 Å². The number of hydrogen-bond acceptors (Lipinski definition) is 3. The Labute approximate surface area is 183 Å². The Morgan fingerprint density at radius 3 is 2.42 bits per heavy atom. The Bertz CT molecular complexity index is 929. The van der Waals surface area contributed by atoms with Crippen LogP contribution in [0.15, 0.2) is 54.6 Å². The topological polar surface area (TPSA) is 81.8 Å². The van der Waals surface area contributed by atoms with E-state index in [1.165, 1.54) is 4.90 Å². The third-order valence-electron chi connectivity index (χ3n) is 5.52. The minimum Gasteiger partial charge on any atom is -0.345 e. The Balaban J connectivity index is 1.68.